The number of primary amides is 1. The number of aromatic carboxylic acids is 1. The summed E-state index contributed by atoms with van der Waals surface area (Å²) in [5, 5.41) is 10.8. The standard InChI is InChI=1S/C11H13N3O5/c1-5(9(15)14-11(13)18)19-8-6(10(16)17)3-2-4-7(8)12/h2-5H,12H2,1H3,(H,16,17)(H3,13,14,15,18). The van der Waals surface area contributed by atoms with Gasteiger partial charge in [0.1, 0.15) is 5.56 Å². The SMILES string of the molecule is CC(Oc1c(N)cccc1C(=O)O)C(=O)NC(N)=O. The molecule has 0 fully saturated rings. The molecular weight excluding hydrogens is 254 g/mol. The van der Waals surface area contributed by atoms with E-state index < -0.39 is 24.0 Å². The first kappa shape index (κ1) is 14.3. The molecule has 1 atom stereocenters. The highest BCUT2D eigenvalue weighted by Crippen LogP contribution is 2.27. The first-order chi connectivity index (χ1) is 8.82. The van der Waals surface area contributed by atoms with Crippen LogP contribution < -0.4 is 21.5 Å². The maximum absolute atomic E-state index is 11.4. The smallest absolute Gasteiger partial charge is 0.339 e. The van der Waals surface area contributed by atoms with Crippen molar-refractivity contribution >= 4 is 23.6 Å². The number of para-hydroxylation sites is 1. The fraction of sp³-hybridized carbons (Fsp3) is 0.182. The van der Waals surface area contributed by atoms with Crippen LogP contribution in [-0.2, 0) is 4.79 Å². The molecule has 19 heavy (non-hydrogen) atoms. The maximum atomic E-state index is 11.4. The first-order valence-corrected chi connectivity index (χ1v) is 5.21. The minimum absolute atomic E-state index is 0.0682. The summed E-state index contributed by atoms with van der Waals surface area (Å²) in [5.41, 5.74) is 10.3. The molecule has 0 aliphatic carbocycles. The maximum Gasteiger partial charge on any atom is 0.339 e. The van der Waals surface area contributed by atoms with Crippen molar-refractivity contribution in [3.63, 3.8) is 0 Å². The molecule has 0 radical (unpaired) electrons. The number of nitrogens with two attached hydrogens (primary N) is 2. The average molecular weight is 267 g/mol. The Kier molecular flexibility index (Phi) is 4.30. The second kappa shape index (κ2) is 5.71. The van der Waals surface area contributed by atoms with Gasteiger partial charge in [-0.1, -0.05) is 6.07 Å². The highest BCUT2D eigenvalue weighted by molar-refractivity contribution is 5.96. The zero-order chi connectivity index (χ0) is 14.6. The van der Waals surface area contributed by atoms with E-state index in [4.69, 9.17) is 21.3 Å². The topological polar surface area (TPSA) is 145 Å². The number of carbonyl (C=O) groups is 3. The summed E-state index contributed by atoms with van der Waals surface area (Å²) in [7, 11) is 0. The van der Waals surface area contributed by atoms with Crippen LogP contribution in [0, 0.1) is 0 Å². The van der Waals surface area contributed by atoms with Crippen LogP contribution in [0.15, 0.2) is 18.2 Å². The van der Waals surface area contributed by atoms with Crippen LogP contribution >= 0.6 is 0 Å². The van der Waals surface area contributed by atoms with E-state index in [1.807, 2.05) is 5.32 Å². The van der Waals surface area contributed by atoms with Crippen LogP contribution in [0.25, 0.3) is 0 Å². The number of hydrogen-bond acceptors (Lipinski definition) is 5. The molecule has 6 N–H and O–H groups in total. The van der Waals surface area contributed by atoms with Crippen molar-refractivity contribution in [2.45, 2.75) is 13.0 Å². The van der Waals surface area contributed by atoms with E-state index in [-0.39, 0.29) is 17.0 Å². The molecule has 1 aromatic rings. The number of rotatable bonds is 4. The number of nitrogens with one attached hydrogen (secondary N) is 1. The number of imide groups is 1. The van der Waals surface area contributed by atoms with E-state index >= 15 is 0 Å². The van der Waals surface area contributed by atoms with E-state index in [1.165, 1.54) is 25.1 Å². The molecule has 0 aliphatic heterocycles. The monoisotopic (exact) mass is 267 g/mol. The Morgan fingerprint density at radius 2 is 2.00 bits per heavy atom. The summed E-state index contributed by atoms with van der Waals surface area (Å²) < 4.78 is 5.17. The summed E-state index contributed by atoms with van der Waals surface area (Å²) in [6.45, 7) is 1.33. The van der Waals surface area contributed by atoms with Gasteiger partial charge < -0.3 is 21.3 Å². The Morgan fingerprint density at radius 3 is 2.53 bits per heavy atom. The van der Waals surface area contributed by atoms with E-state index in [0.29, 0.717) is 0 Å². The number of amides is 3. The second-order valence-electron chi connectivity index (χ2n) is 3.64. The molecule has 1 aromatic carbocycles. The third-order valence-corrected chi connectivity index (χ3v) is 2.19. The van der Waals surface area contributed by atoms with Gasteiger partial charge in [0.05, 0.1) is 5.69 Å². The number of ether oxygens (including phenoxy) is 1. The summed E-state index contributed by atoms with van der Waals surface area (Å²) in [5.74, 6) is -2.18. The zero-order valence-electron chi connectivity index (χ0n) is 10.0. The molecule has 0 saturated heterocycles. The number of carbonyl (C=O) groups excluding carboxylic acids is 2. The minimum atomic E-state index is -1.25. The van der Waals surface area contributed by atoms with E-state index in [1.54, 1.807) is 0 Å². The molecule has 0 heterocycles. The molecule has 0 spiro atoms. The normalized spacial score (nSPS) is 11.4. The highest BCUT2D eigenvalue weighted by Gasteiger charge is 2.21. The van der Waals surface area contributed by atoms with E-state index in [2.05, 4.69) is 0 Å². The van der Waals surface area contributed by atoms with Gasteiger partial charge in [0.2, 0.25) is 0 Å². The molecule has 0 saturated carbocycles. The Morgan fingerprint density at radius 1 is 1.37 bits per heavy atom. The predicted octanol–water partition coefficient (Wildman–Crippen LogP) is -0.0708. The van der Waals surface area contributed by atoms with E-state index in [0.717, 1.165) is 0 Å². The lowest BCUT2D eigenvalue weighted by Crippen LogP contribution is -2.42. The van der Waals surface area contributed by atoms with Crippen LogP contribution in [-0.4, -0.2) is 29.1 Å². The summed E-state index contributed by atoms with van der Waals surface area (Å²) >= 11 is 0. The Bertz CT molecular complexity index is 529. The summed E-state index contributed by atoms with van der Waals surface area (Å²) in [4.78, 5) is 32.9. The van der Waals surface area contributed by atoms with Crippen molar-refractivity contribution in [1.82, 2.24) is 5.32 Å². The first-order valence-electron chi connectivity index (χ1n) is 5.21. The van der Waals surface area contributed by atoms with Crippen molar-refractivity contribution in [2.24, 2.45) is 5.73 Å². The average Bonchev–Trinajstić information content (AvgIpc) is 2.30. The molecule has 8 nitrogen and oxygen atoms in total. The van der Waals surface area contributed by atoms with Gasteiger partial charge in [-0.25, -0.2) is 9.59 Å². The third kappa shape index (κ3) is 3.60. The van der Waals surface area contributed by atoms with Crippen molar-refractivity contribution in [2.75, 3.05) is 5.73 Å². The number of hydrogen-bond donors (Lipinski definition) is 4. The number of benzene rings is 1. The van der Waals surface area contributed by atoms with Gasteiger partial charge in [0.25, 0.3) is 5.91 Å². The summed E-state index contributed by atoms with van der Waals surface area (Å²) in [6.07, 6.45) is -1.13. The van der Waals surface area contributed by atoms with Crippen molar-refractivity contribution < 1.29 is 24.2 Å². The van der Waals surface area contributed by atoms with E-state index in [9.17, 15) is 14.4 Å². The molecule has 0 aliphatic rings. The number of nitrogen functional groups attached to an aromatic ring is 1. The van der Waals surface area contributed by atoms with Crippen LogP contribution in [0.4, 0.5) is 10.5 Å². The van der Waals surface area contributed by atoms with Gasteiger partial charge in [-0.3, -0.25) is 10.1 Å². The third-order valence-electron chi connectivity index (χ3n) is 2.19. The van der Waals surface area contributed by atoms with Gasteiger partial charge in [-0.15, -0.1) is 0 Å². The highest BCUT2D eigenvalue weighted by atomic mass is 16.5. The largest absolute Gasteiger partial charge is 0.478 e. The van der Waals surface area contributed by atoms with Crippen molar-refractivity contribution in [1.29, 1.82) is 0 Å². The zero-order valence-corrected chi connectivity index (χ0v) is 10.0. The number of carboxylic acids is 1. The van der Waals surface area contributed by atoms with Crippen LogP contribution in [0.3, 0.4) is 0 Å². The Hall–Kier alpha value is -2.77. The number of anilines is 1. The molecule has 1 rings (SSSR count). The van der Waals surface area contributed by atoms with Crippen LogP contribution in [0.2, 0.25) is 0 Å². The molecule has 0 bridgehead atoms. The van der Waals surface area contributed by atoms with Gasteiger partial charge in [-0.2, -0.15) is 0 Å². The number of carboxylic acid groups (broad SMARTS) is 1. The fourth-order valence-corrected chi connectivity index (χ4v) is 1.31. The molecule has 1 unspecified atom stereocenters. The van der Waals surface area contributed by atoms with Gasteiger partial charge >= 0.3 is 12.0 Å². The van der Waals surface area contributed by atoms with Gasteiger partial charge in [-0.05, 0) is 19.1 Å². The fourth-order valence-electron chi connectivity index (χ4n) is 1.31. The lowest BCUT2D eigenvalue weighted by Gasteiger charge is -2.16. The molecule has 102 valence electrons. The van der Waals surface area contributed by atoms with Crippen LogP contribution in [0.1, 0.15) is 17.3 Å². The number of urea groups is 1. The summed E-state index contributed by atoms with van der Waals surface area (Å²) in [6, 6.07) is 3.13. The van der Waals surface area contributed by atoms with Gasteiger partial charge in [0, 0.05) is 0 Å². The minimum Gasteiger partial charge on any atom is -0.478 e. The quantitative estimate of drug-likeness (QED) is 0.562. The molecule has 3 amide bonds. The van der Waals surface area contributed by atoms with Crippen molar-refractivity contribution in [3.05, 3.63) is 23.8 Å². The van der Waals surface area contributed by atoms with Crippen molar-refractivity contribution in [3.8, 4) is 5.75 Å². The Labute approximate surface area is 108 Å². The second-order valence-corrected chi connectivity index (χ2v) is 3.64. The Balaban J connectivity index is 2.96. The van der Waals surface area contributed by atoms with Gasteiger partial charge in [0.15, 0.2) is 11.9 Å². The lowest BCUT2D eigenvalue weighted by atomic mass is 10.1. The lowest BCUT2D eigenvalue weighted by molar-refractivity contribution is -0.126. The molecule has 0 aromatic heterocycles. The van der Waals surface area contributed by atoms with Crippen LogP contribution in [0.5, 0.6) is 5.75 Å². The molecule has 8 heteroatoms. The molecular formula is C11H13N3O5. The predicted molar refractivity (Wildman–Crippen MR) is 65.6 cm³/mol.